The molecule has 0 aliphatic heterocycles. The molecule has 0 unspecified atom stereocenters. The summed E-state index contributed by atoms with van der Waals surface area (Å²) >= 11 is 0. The van der Waals surface area contributed by atoms with Crippen molar-refractivity contribution in [3.63, 3.8) is 0 Å². The molecule has 6 heteroatoms. The van der Waals surface area contributed by atoms with Crippen LogP contribution in [0.15, 0.2) is 48.7 Å². The van der Waals surface area contributed by atoms with Crippen LogP contribution in [0.5, 0.6) is 0 Å². The Kier molecular flexibility index (Phi) is 4.82. The number of aromatic nitrogens is 3. The van der Waals surface area contributed by atoms with E-state index in [1.165, 1.54) is 25.7 Å². The molecular formula is C20H23N5O. The van der Waals surface area contributed by atoms with Gasteiger partial charge < -0.3 is 15.2 Å². The predicted octanol–water partition coefficient (Wildman–Crippen LogP) is 3.91. The van der Waals surface area contributed by atoms with E-state index in [1.807, 2.05) is 48.7 Å². The zero-order valence-electron chi connectivity index (χ0n) is 14.7. The van der Waals surface area contributed by atoms with E-state index in [4.69, 9.17) is 4.98 Å². The van der Waals surface area contributed by atoms with Crippen molar-refractivity contribution in [3.8, 4) is 0 Å². The van der Waals surface area contributed by atoms with Gasteiger partial charge in [0, 0.05) is 30.9 Å². The number of benzene rings is 1. The third kappa shape index (κ3) is 3.54. The highest BCUT2D eigenvalue weighted by molar-refractivity contribution is 5.89. The number of fused-ring (bicyclic) bond motifs is 1. The Balaban J connectivity index is 1.43. The van der Waals surface area contributed by atoms with Crippen molar-refractivity contribution in [2.75, 3.05) is 11.9 Å². The van der Waals surface area contributed by atoms with Crippen molar-refractivity contribution in [3.05, 3.63) is 54.5 Å². The van der Waals surface area contributed by atoms with Crippen molar-refractivity contribution in [1.29, 1.82) is 0 Å². The second kappa shape index (κ2) is 7.56. The number of carbonyl (C=O) groups is 1. The van der Waals surface area contributed by atoms with Crippen molar-refractivity contribution >= 4 is 22.9 Å². The minimum Gasteiger partial charge on any atom is -0.337 e. The Hall–Kier alpha value is -2.89. The summed E-state index contributed by atoms with van der Waals surface area (Å²) in [5, 5.41) is 5.75. The van der Waals surface area contributed by atoms with Gasteiger partial charge in [0.15, 0.2) is 5.65 Å². The maximum atomic E-state index is 12.1. The molecule has 0 spiro atoms. The first-order valence-electron chi connectivity index (χ1n) is 9.23. The first-order valence-corrected chi connectivity index (χ1v) is 9.23. The largest absolute Gasteiger partial charge is 0.337 e. The van der Waals surface area contributed by atoms with Gasteiger partial charge >= 0.3 is 6.03 Å². The number of nitrogens with zero attached hydrogens (tertiary/aromatic N) is 3. The van der Waals surface area contributed by atoms with Crippen LogP contribution in [0.3, 0.4) is 0 Å². The zero-order chi connectivity index (χ0) is 17.8. The maximum absolute atomic E-state index is 12.1. The lowest BCUT2D eigenvalue weighted by Gasteiger charge is -2.16. The molecule has 2 amide bonds. The summed E-state index contributed by atoms with van der Waals surface area (Å²) in [6, 6.07) is 13.6. The van der Waals surface area contributed by atoms with E-state index in [0.717, 1.165) is 22.7 Å². The molecule has 2 heterocycles. The quantitative estimate of drug-likeness (QED) is 0.733. The smallest absolute Gasteiger partial charge is 0.319 e. The summed E-state index contributed by atoms with van der Waals surface area (Å²) in [4.78, 5) is 21.4. The van der Waals surface area contributed by atoms with Gasteiger partial charge in [0.05, 0.1) is 0 Å². The molecule has 26 heavy (non-hydrogen) atoms. The minimum absolute atomic E-state index is 0.196. The maximum Gasteiger partial charge on any atom is 0.319 e. The second-order valence-corrected chi connectivity index (χ2v) is 6.68. The molecule has 4 rings (SSSR count). The molecule has 0 atom stereocenters. The number of hydrogen-bond acceptors (Lipinski definition) is 3. The van der Waals surface area contributed by atoms with Crippen LogP contribution in [-0.2, 0) is 6.42 Å². The van der Waals surface area contributed by atoms with Gasteiger partial charge in [-0.05, 0) is 37.1 Å². The fourth-order valence-corrected chi connectivity index (χ4v) is 3.68. The van der Waals surface area contributed by atoms with Gasteiger partial charge in [0.25, 0.3) is 0 Å². The highest BCUT2D eigenvalue weighted by atomic mass is 16.2. The molecule has 1 saturated carbocycles. The predicted molar refractivity (Wildman–Crippen MR) is 102 cm³/mol. The van der Waals surface area contributed by atoms with E-state index in [9.17, 15) is 4.79 Å². The molecule has 1 aliphatic rings. The van der Waals surface area contributed by atoms with E-state index in [1.54, 1.807) is 0 Å². The Bertz CT molecular complexity index is 884. The molecule has 0 bridgehead atoms. The van der Waals surface area contributed by atoms with Gasteiger partial charge in [-0.25, -0.2) is 14.8 Å². The van der Waals surface area contributed by atoms with E-state index >= 15 is 0 Å². The number of anilines is 1. The number of rotatable bonds is 5. The summed E-state index contributed by atoms with van der Waals surface area (Å²) < 4.78 is 2.29. The topological polar surface area (TPSA) is 71.8 Å². The number of imidazole rings is 1. The van der Waals surface area contributed by atoms with Gasteiger partial charge in [-0.2, -0.15) is 0 Å². The minimum atomic E-state index is -0.196. The lowest BCUT2D eigenvalue weighted by Crippen LogP contribution is -2.31. The first-order chi connectivity index (χ1) is 12.8. The standard InChI is InChI=1S/C20H23N5O/c26-20(23-15-7-2-1-3-8-15)22-14-12-18-24-17-11-6-13-21-19(17)25(18)16-9-4-5-10-16/h1-3,6-8,11,13,16H,4-5,9-10,12,14H2,(H2,22,23,26). The van der Waals surface area contributed by atoms with E-state index in [0.29, 0.717) is 19.0 Å². The van der Waals surface area contributed by atoms with Crippen LogP contribution in [0.1, 0.15) is 37.5 Å². The monoisotopic (exact) mass is 349 g/mol. The molecule has 6 nitrogen and oxygen atoms in total. The average Bonchev–Trinajstić information content (AvgIpc) is 3.29. The van der Waals surface area contributed by atoms with Crippen molar-refractivity contribution in [1.82, 2.24) is 19.9 Å². The number of para-hydroxylation sites is 1. The van der Waals surface area contributed by atoms with Crippen LogP contribution in [0.4, 0.5) is 10.5 Å². The summed E-state index contributed by atoms with van der Waals surface area (Å²) in [7, 11) is 0. The van der Waals surface area contributed by atoms with Crippen molar-refractivity contribution in [2.45, 2.75) is 38.1 Å². The van der Waals surface area contributed by atoms with Crippen LogP contribution in [0.25, 0.3) is 11.2 Å². The lowest BCUT2D eigenvalue weighted by molar-refractivity contribution is 0.252. The molecule has 134 valence electrons. The van der Waals surface area contributed by atoms with Gasteiger partial charge in [-0.15, -0.1) is 0 Å². The fourth-order valence-electron chi connectivity index (χ4n) is 3.68. The third-order valence-electron chi connectivity index (χ3n) is 4.88. The third-order valence-corrected chi connectivity index (χ3v) is 4.88. The molecule has 1 aromatic carbocycles. The van der Waals surface area contributed by atoms with Crippen LogP contribution in [-0.4, -0.2) is 27.1 Å². The van der Waals surface area contributed by atoms with Crippen LogP contribution in [0, 0.1) is 0 Å². The molecule has 2 N–H and O–H groups in total. The van der Waals surface area contributed by atoms with Gasteiger partial charge in [-0.3, -0.25) is 0 Å². The Morgan fingerprint density at radius 2 is 1.92 bits per heavy atom. The molecular weight excluding hydrogens is 326 g/mol. The van der Waals surface area contributed by atoms with Gasteiger partial charge in [0.2, 0.25) is 0 Å². The fraction of sp³-hybridized carbons (Fsp3) is 0.350. The Labute approximate surface area is 152 Å². The summed E-state index contributed by atoms with van der Waals surface area (Å²) in [5.41, 5.74) is 2.68. The highest BCUT2D eigenvalue weighted by Gasteiger charge is 2.23. The van der Waals surface area contributed by atoms with E-state index in [2.05, 4.69) is 20.2 Å². The highest BCUT2D eigenvalue weighted by Crippen LogP contribution is 2.33. The van der Waals surface area contributed by atoms with Gasteiger partial charge in [0.1, 0.15) is 11.3 Å². The summed E-state index contributed by atoms with van der Waals surface area (Å²) in [6.45, 7) is 0.536. The van der Waals surface area contributed by atoms with Crippen LogP contribution < -0.4 is 10.6 Å². The molecule has 1 fully saturated rings. The van der Waals surface area contributed by atoms with Crippen molar-refractivity contribution < 1.29 is 4.79 Å². The molecule has 3 aromatic rings. The number of amides is 2. The van der Waals surface area contributed by atoms with Crippen molar-refractivity contribution in [2.24, 2.45) is 0 Å². The van der Waals surface area contributed by atoms with E-state index < -0.39 is 0 Å². The van der Waals surface area contributed by atoms with Crippen LogP contribution in [0.2, 0.25) is 0 Å². The molecule has 0 saturated heterocycles. The average molecular weight is 349 g/mol. The first kappa shape index (κ1) is 16.6. The molecule has 1 aliphatic carbocycles. The normalized spacial score (nSPS) is 14.6. The van der Waals surface area contributed by atoms with E-state index in [-0.39, 0.29) is 6.03 Å². The van der Waals surface area contributed by atoms with Gasteiger partial charge in [-0.1, -0.05) is 31.0 Å². The second-order valence-electron chi connectivity index (χ2n) is 6.68. The molecule has 2 aromatic heterocycles. The Morgan fingerprint density at radius 1 is 1.12 bits per heavy atom. The number of hydrogen-bond donors (Lipinski definition) is 2. The lowest BCUT2D eigenvalue weighted by atomic mass is 10.2. The summed E-state index contributed by atoms with van der Waals surface area (Å²) in [6.07, 6.45) is 7.39. The number of pyridine rings is 1. The zero-order valence-corrected chi connectivity index (χ0v) is 14.7. The molecule has 0 radical (unpaired) electrons. The number of urea groups is 1. The number of carbonyl (C=O) groups excluding carboxylic acids is 1. The number of nitrogens with one attached hydrogen (secondary N) is 2. The van der Waals surface area contributed by atoms with Crippen LogP contribution >= 0.6 is 0 Å². The summed E-state index contributed by atoms with van der Waals surface area (Å²) in [5.74, 6) is 1.01. The Morgan fingerprint density at radius 3 is 2.73 bits per heavy atom. The SMILES string of the molecule is O=C(NCCc1nc2cccnc2n1C1CCCC1)Nc1ccccc1.